The van der Waals surface area contributed by atoms with E-state index in [4.69, 9.17) is 22.1 Å². The summed E-state index contributed by atoms with van der Waals surface area (Å²) in [6.45, 7) is 1.40. The molecule has 30 heavy (non-hydrogen) atoms. The number of halogens is 1. The van der Waals surface area contributed by atoms with Crippen molar-refractivity contribution in [2.75, 3.05) is 23.8 Å². The van der Waals surface area contributed by atoms with Gasteiger partial charge in [-0.3, -0.25) is 4.79 Å². The molecule has 0 saturated heterocycles. The van der Waals surface area contributed by atoms with E-state index in [-0.39, 0.29) is 21.2 Å². The third kappa shape index (κ3) is 4.55. The molecular weight excluding hydrogens is 444 g/mol. The van der Waals surface area contributed by atoms with Crippen LogP contribution in [0.4, 0.5) is 16.4 Å². The molecule has 1 aromatic carbocycles. The van der Waals surface area contributed by atoms with E-state index in [1.807, 2.05) is 0 Å². The summed E-state index contributed by atoms with van der Waals surface area (Å²) >= 11 is 6.03. The lowest BCUT2D eigenvalue weighted by Gasteiger charge is -2.21. The zero-order chi connectivity index (χ0) is 22.6. The van der Waals surface area contributed by atoms with E-state index in [1.54, 1.807) is 0 Å². The van der Waals surface area contributed by atoms with Crippen molar-refractivity contribution in [3.05, 3.63) is 29.0 Å². The van der Waals surface area contributed by atoms with Crippen LogP contribution in [0.2, 0.25) is 5.02 Å². The smallest absolute Gasteiger partial charge is 0.396 e. The van der Waals surface area contributed by atoms with Crippen molar-refractivity contribution in [1.82, 2.24) is 15.0 Å². The maximum atomic E-state index is 13.3. The molecule has 15 heteroatoms. The second kappa shape index (κ2) is 8.87. The summed E-state index contributed by atoms with van der Waals surface area (Å²) in [7, 11) is -2.70. The number of anilines is 2. The molecule has 0 unspecified atom stereocenters. The van der Waals surface area contributed by atoms with Crippen molar-refractivity contribution in [2.24, 2.45) is 5.73 Å². The third-order valence-corrected chi connectivity index (χ3v) is 5.57. The number of nitrogens with zero attached hydrogens (tertiary/aromatic N) is 4. The van der Waals surface area contributed by atoms with Crippen LogP contribution in [-0.2, 0) is 24.3 Å². The third-order valence-electron chi connectivity index (χ3n) is 3.36. The van der Waals surface area contributed by atoms with Crippen molar-refractivity contribution >= 4 is 51.2 Å². The second-order valence-corrected chi connectivity index (χ2v) is 7.47. The van der Waals surface area contributed by atoms with Gasteiger partial charge in [-0.1, -0.05) is 17.7 Å². The first-order chi connectivity index (χ1) is 14.0. The lowest BCUT2D eigenvalue weighted by molar-refractivity contribution is -0.150. The number of hydrogen-bond donors (Lipinski definition) is 2. The highest BCUT2D eigenvalue weighted by Gasteiger charge is 2.36. The summed E-state index contributed by atoms with van der Waals surface area (Å²) < 4.78 is 35.7. The lowest BCUT2D eigenvalue weighted by atomic mass is 10.3. The highest BCUT2D eigenvalue weighted by atomic mass is 35.5. The van der Waals surface area contributed by atoms with Crippen molar-refractivity contribution in [3.63, 3.8) is 0 Å². The number of aryl methyl sites for hydroxylation is 1. The summed E-state index contributed by atoms with van der Waals surface area (Å²) in [6, 6.07) is 1.86. The highest BCUT2D eigenvalue weighted by Crippen LogP contribution is 2.33. The van der Waals surface area contributed by atoms with Gasteiger partial charge in [0.05, 0.1) is 24.9 Å². The number of carbonyl (C=O) groups excluding carboxylic acids is 3. The molecular formula is C15H15ClN6O7S. The summed E-state index contributed by atoms with van der Waals surface area (Å²) in [4.78, 5) is 45.9. The van der Waals surface area contributed by atoms with Gasteiger partial charge in [-0.2, -0.15) is 15.0 Å². The molecule has 0 fully saturated rings. The van der Waals surface area contributed by atoms with Crippen molar-refractivity contribution in [2.45, 2.75) is 11.8 Å². The predicted octanol–water partition coefficient (Wildman–Crippen LogP) is 0.228. The number of carbonyl (C=O) groups is 3. The van der Waals surface area contributed by atoms with Crippen LogP contribution in [0.3, 0.4) is 0 Å². The Hall–Kier alpha value is -3.52. The minimum absolute atomic E-state index is 0.0247. The molecule has 0 bridgehead atoms. The van der Waals surface area contributed by atoms with Gasteiger partial charge < -0.3 is 20.5 Å². The molecule has 0 aliphatic heterocycles. The van der Waals surface area contributed by atoms with Gasteiger partial charge in [-0.25, -0.2) is 18.0 Å². The number of primary amides is 1. The lowest BCUT2D eigenvalue weighted by Crippen LogP contribution is -2.42. The van der Waals surface area contributed by atoms with Crippen LogP contribution in [-0.4, -0.2) is 55.5 Å². The van der Waals surface area contributed by atoms with Gasteiger partial charge in [0.1, 0.15) is 10.7 Å². The Morgan fingerprint density at radius 2 is 1.83 bits per heavy atom. The number of nitrogens with one attached hydrogen (secondary N) is 1. The predicted molar refractivity (Wildman–Crippen MR) is 102 cm³/mol. The van der Waals surface area contributed by atoms with Gasteiger partial charge in [-0.15, -0.1) is 4.31 Å². The molecule has 1 aromatic heterocycles. The topological polar surface area (TPSA) is 184 Å². The maximum Gasteiger partial charge on any atom is 0.396 e. The first-order valence-electron chi connectivity index (χ1n) is 7.82. The van der Waals surface area contributed by atoms with E-state index < -0.39 is 44.5 Å². The van der Waals surface area contributed by atoms with E-state index in [1.165, 1.54) is 26.2 Å². The second-order valence-electron chi connectivity index (χ2n) is 5.34. The monoisotopic (exact) mass is 458 g/mol. The molecule has 3 N–H and O–H groups in total. The van der Waals surface area contributed by atoms with Crippen LogP contribution in [0.15, 0.2) is 23.1 Å². The number of urea groups is 1. The average Bonchev–Trinajstić information content (AvgIpc) is 2.66. The molecule has 160 valence electrons. The van der Waals surface area contributed by atoms with E-state index >= 15 is 0 Å². The van der Waals surface area contributed by atoms with Gasteiger partial charge in [-0.05, 0) is 19.1 Å². The quantitative estimate of drug-likeness (QED) is 0.464. The molecule has 0 atom stereocenters. The Kier molecular flexibility index (Phi) is 6.73. The molecule has 13 nitrogen and oxygen atoms in total. The Morgan fingerprint density at radius 1 is 1.17 bits per heavy atom. The molecule has 3 amide bonds. The first kappa shape index (κ1) is 22.8. The van der Waals surface area contributed by atoms with Crippen LogP contribution in [0.1, 0.15) is 5.82 Å². The number of sulfonamides is 1. The molecule has 0 aliphatic rings. The molecule has 0 aliphatic carbocycles. The summed E-state index contributed by atoms with van der Waals surface area (Å²) in [5, 5.41) is 1.67. The van der Waals surface area contributed by atoms with Gasteiger partial charge >= 0.3 is 23.9 Å². The van der Waals surface area contributed by atoms with Gasteiger partial charge in [0.25, 0.3) is 16.0 Å². The molecule has 1 heterocycles. The van der Waals surface area contributed by atoms with Crippen molar-refractivity contribution in [1.29, 1.82) is 0 Å². The number of aromatic nitrogens is 3. The zero-order valence-electron chi connectivity index (χ0n) is 15.7. The average molecular weight is 459 g/mol. The minimum atomic E-state index is -4.88. The van der Waals surface area contributed by atoms with Crippen LogP contribution in [0.5, 0.6) is 6.01 Å². The van der Waals surface area contributed by atoms with Crippen LogP contribution >= 0.6 is 11.6 Å². The number of methoxy groups -OCH3 is 2. The first-order valence-corrected chi connectivity index (χ1v) is 9.64. The largest absolute Gasteiger partial charge is 0.467 e. The summed E-state index contributed by atoms with van der Waals surface area (Å²) in [5.41, 5.74) is 4.85. The normalized spacial score (nSPS) is 10.8. The van der Waals surface area contributed by atoms with Crippen molar-refractivity contribution < 1.29 is 32.3 Å². The molecule has 0 radical (unpaired) electrons. The SMILES string of the molecule is COC(=O)C(=O)Nc1cccc(Cl)c1S(=O)(=O)N(C(N)=O)c1nc(C)nc(OC)n1. The zero-order valence-corrected chi connectivity index (χ0v) is 17.3. The molecule has 0 spiro atoms. The molecule has 2 aromatic rings. The Bertz CT molecular complexity index is 1120. The van der Waals surface area contributed by atoms with Crippen molar-refractivity contribution in [3.8, 4) is 6.01 Å². The fourth-order valence-corrected chi connectivity index (χ4v) is 4.07. The molecule has 2 rings (SSSR count). The number of rotatable bonds is 5. The Labute approximate surface area is 175 Å². The number of ether oxygens (including phenoxy) is 2. The van der Waals surface area contributed by atoms with E-state index in [2.05, 4.69) is 25.0 Å². The Morgan fingerprint density at radius 3 is 2.40 bits per heavy atom. The number of benzene rings is 1. The van der Waals surface area contributed by atoms with Crippen LogP contribution in [0.25, 0.3) is 0 Å². The summed E-state index contributed by atoms with van der Waals surface area (Å²) in [6.07, 6.45) is 0. The Balaban J connectivity index is 2.69. The van der Waals surface area contributed by atoms with E-state index in [0.717, 1.165) is 13.2 Å². The number of hydrogen-bond acceptors (Lipinski definition) is 10. The standard InChI is InChI=1S/C15H15ClN6O7S/c1-7-18-14(21-15(19-7)29-3)22(13(17)25)30(26,27)10-8(16)5-4-6-9(10)20-11(23)12(24)28-2/h4-6H,1-3H3,(H2,17,25)(H,20,23). The number of amides is 3. The fraction of sp³-hybridized carbons (Fsp3) is 0.200. The number of esters is 1. The number of nitrogens with two attached hydrogens (primary N) is 1. The van der Waals surface area contributed by atoms with Crippen LogP contribution in [0, 0.1) is 6.92 Å². The fourth-order valence-electron chi connectivity index (χ4n) is 2.18. The summed E-state index contributed by atoms with van der Waals surface area (Å²) in [5.74, 6) is -3.21. The maximum absolute atomic E-state index is 13.3. The minimum Gasteiger partial charge on any atom is -0.467 e. The van der Waals surface area contributed by atoms with E-state index in [9.17, 15) is 22.8 Å². The van der Waals surface area contributed by atoms with Crippen LogP contribution < -0.4 is 20.1 Å². The molecule has 0 saturated carbocycles. The van der Waals surface area contributed by atoms with E-state index in [0.29, 0.717) is 0 Å². The van der Waals surface area contributed by atoms with Gasteiger partial charge in [0.15, 0.2) is 0 Å². The highest BCUT2D eigenvalue weighted by molar-refractivity contribution is 7.93. The van der Waals surface area contributed by atoms with Gasteiger partial charge in [0, 0.05) is 0 Å². The van der Waals surface area contributed by atoms with Gasteiger partial charge in [0.2, 0.25) is 0 Å².